The van der Waals surface area contributed by atoms with Crippen molar-refractivity contribution in [2.75, 3.05) is 6.61 Å². The second-order valence-corrected chi connectivity index (χ2v) is 3.40. The second-order valence-electron chi connectivity index (χ2n) is 3.40. The van der Waals surface area contributed by atoms with Crippen LogP contribution in [0, 0.1) is 6.61 Å². The van der Waals surface area contributed by atoms with Crippen molar-refractivity contribution in [3.63, 3.8) is 0 Å². The van der Waals surface area contributed by atoms with Gasteiger partial charge in [-0.25, -0.2) is 0 Å². The molecule has 1 radical (unpaired) electrons. The third kappa shape index (κ3) is 1.67. The number of ether oxygens (including phenoxy) is 1. The zero-order valence-electron chi connectivity index (χ0n) is 7.75. The van der Waals surface area contributed by atoms with Crippen molar-refractivity contribution in [1.82, 2.24) is 0 Å². The third-order valence-electron chi connectivity index (χ3n) is 2.42. The van der Waals surface area contributed by atoms with Gasteiger partial charge < -0.3 is 25.8 Å². The third-order valence-corrected chi connectivity index (χ3v) is 2.42. The number of carbonyl (C=O) groups excluding carboxylic acids is 1. The molecule has 1 saturated heterocycles. The highest BCUT2D eigenvalue weighted by molar-refractivity contribution is 5.88. The van der Waals surface area contributed by atoms with E-state index in [0.717, 1.165) is 6.61 Å². The lowest BCUT2D eigenvalue weighted by molar-refractivity contribution is -0.166. The lowest BCUT2D eigenvalue weighted by Gasteiger charge is -2.41. The SMILES string of the molecule is CC(=O)[C@]1(N)[CH]O[C@H](CO)[C@H](O)[C@@H]1O. The van der Waals surface area contributed by atoms with E-state index in [1.165, 1.54) is 6.92 Å². The summed E-state index contributed by atoms with van der Waals surface area (Å²) in [5, 5.41) is 27.7. The number of ketones is 1. The van der Waals surface area contributed by atoms with Gasteiger partial charge in [-0.3, -0.25) is 4.79 Å². The molecule has 0 aromatic heterocycles. The lowest BCUT2D eigenvalue weighted by atomic mass is 9.83. The summed E-state index contributed by atoms with van der Waals surface area (Å²) in [6, 6.07) is 0. The Morgan fingerprint density at radius 1 is 1.64 bits per heavy atom. The highest BCUT2D eigenvalue weighted by atomic mass is 16.5. The van der Waals surface area contributed by atoms with Crippen LogP contribution in [0.5, 0.6) is 0 Å². The Kier molecular flexibility index (Phi) is 3.23. The number of aliphatic hydroxyl groups excluding tert-OH is 3. The maximum atomic E-state index is 11.1. The van der Waals surface area contributed by atoms with E-state index < -0.39 is 36.2 Å². The highest BCUT2D eigenvalue weighted by Crippen LogP contribution is 2.26. The monoisotopic (exact) mass is 204 g/mol. The predicted octanol–water partition coefficient (Wildman–Crippen LogP) is -2.45. The molecule has 1 rings (SSSR count). The van der Waals surface area contributed by atoms with Crippen LogP contribution < -0.4 is 5.73 Å². The van der Waals surface area contributed by atoms with Crippen molar-refractivity contribution in [2.24, 2.45) is 5.73 Å². The number of nitrogens with two attached hydrogens (primary N) is 1. The van der Waals surface area contributed by atoms with E-state index in [1.807, 2.05) is 0 Å². The Morgan fingerprint density at radius 3 is 2.64 bits per heavy atom. The Morgan fingerprint density at radius 2 is 2.21 bits per heavy atom. The molecule has 5 N–H and O–H groups in total. The molecule has 6 nitrogen and oxygen atoms in total. The molecule has 0 bridgehead atoms. The van der Waals surface area contributed by atoms with Gasteiger partial charge in [0, 0.05) is 0 Å². The van der Waals surface area contributed by atoms with Gasteiger partial charge in [-0.05, 0) is 6.92 Å². The van der Waals surface area contributed by atoms with Crippen molar-refractivity contribution in [1.29, 1.82) is 0 Å². The first-order valence-corrected chi connectivity index (χ1v) is 4.20. The van der Waals surface area contributed by atoms with E-state index in [1.54, 1.807) is 0 Å². The van der Waals surface area contributed by atoms with E-state index in [4.69, 9.17) is 15.6 Å². The molecule has 0 aliphatic carbocycles. The van der Waals surface area contributed by atoms with Crippen molar-refractivity contribution >= 4 is 5.78 Å². The number of aliphatic hydroxyl groups is 3. The van der Waals surface area contributed by atoms with Gasteiger partial charge >= 0.3 is 0 Å². The fraction of sp³-hybridized carbons (Fsp3) is 0.750. The average Bonchev–Trinajstić information content (AvgIpc) is 2.14. The van der Waals surface area contributed by atoms with Crippen LogP contribution in [-0.2, 0) is 9.53 Å². The maximum absolute atomic E-state index is 11.1. The predicted molar refractivity (Wildman–Crippen MR) is 45.9 cm³/mol. The molecule has 0 spiro atoms. The van der Waals surface area contributed by atoms with E-state index in [2.05, 4.69) is 0 Å². The number of hydrogen-bond acceptors (Lipinski definition) is 6. The minimum absolute atomic E-state index is 0.456. The van der Waals surface area contributed by atoms with Crippen LogP contribution in [-0.4, -0.2) is 51.6 Å². The summed E-state index contributed by atoms with van der Waals surface area (Å²) in [5.74, 6) is -0.513. The van der Waals surface area contributed by atoms with Crippen LogP contribution in [0.4, 0.5) is 0 Å². The first-order valence-electron chi connectivity index (χ1n) is 4.20. The van der Waals surface area contributed by atoms with Crippen LogP contribution in [0.25, 0.3) is 0 Å². The standard InChI is InChI=1S/C8H14NO5/c1-4(11)8(9)3-14-5(2-10)6(12)7(8)13/h3,5-7,10,12-13H,2,9H2,1H3/t5-,6+,7+,8-/m1/s1. The van der Waals surface area contributed by atoms with Crippen LogP contribution in [0.2, 0.25) is 0 Å². The number of Topliss-reactive ketones (excluding diaryl/α,β-unsaturated/α-hetero) is 1. The summed E-state index contributed by atoms with van der Waals surface area (Å²) in [5.41, 5.74) is 3.83. The normalized spacial score (nSPS) is 43.6. The van der Waals surface area contributed by atoms with Crippen molar-refractivity contribution in [2.45, 2.75) is 30.8 Å². The largest absolute Gasteiger partial charge is 0.394 e. The smallest absolute Gasteiger partial charge is 0.155 e. The zero-order chi connectivity index (χ0) is 10.9. The molecule has 1 heterocycles. The molecule has 81 valence electrons. The van der Waals surface area contributed by atoms with E-state index >= 15 is 0 Å². The van der Waals surface area contributed by atoms with Crippen LogP contribution in [0.3, 0.4) is 0 Å². The summed E-state index contributed by atoms with van der Waals surface area (Å²) in [6.45, 7) is 1.70. The minimum atomic E-state index is -1.70. The van der Waals surface area contributed by atoms with Gasteiger partial charge in [0.15, 0.2) is 5.78 Å². The van der Waals surface area contributed by atoms with Gasteiger partial charge in [0.2, 0.25) is 0 Å². The summed E-state index contributed by atoms with van der Waals surface area (Å²) in [6.07, 6.45) is -3.79. The molecular weight excluding hydrogens is 190 g/mol. The van der Waals surface area contributed by atoms with Gasteiger partial charge in [0.1, 0.15) is 30.5 Å². The molecule has 6 heteroatoms. The first kappa shape index (κ1) is 11.5. The Balaban J connectivity index is 2.83. The molecule has 4 atom stereocenters. The fourth-order valence-electron chi connectivity index (χ4n) is 1.28. The fourth-order valence-corrected chi connectivity index (χ4v) is 1.28. The minimum Gasteiger partial charge on any atom is -0.394 e. The van der Waals surface area contributed by atoms with Crippen molar-refractivity contribution in [3.05, 3.63) is 6.61 Å². The van der Waals surface area contributed by atoms with E-state index in [9.17, 15) is 15.0 Å². The zero-order valence-corrected chi connectivity index (χ0v) is 7.75. The molecule has 1 aliphatic heterocycles. The quantitative estimate of drug-likeness (QED) is 0.397. The maximum Gasteiger partial charge on any atom is 0.155 e. The van der Waals surface area contributed by atoms with Gasteiger partial charge in [-0.1, -0.05) is 0 Å². The number of hydrogen-bond donors (Lipinski definition) is 4. The number of carbonyl (C=O) groups is 1. The van der Waals surface area contributed by atoms with Crippen molar-refractivity contribution < 1.29 is 24.9 Å². The molecule has 0 aromatic rings. The lowest BCUT2D eigenvalue weighted by Crippen LogP contribution is -2.67. The van der Waals surface area contributed by atoms with Gasteiger partial charge in [-0.15, -0.1) is 0 Å². The van der Waals surface area contributed by atoms with Gasteiger partial charge in [0.05, 0.1) is 6.61 Å². The summed E-state index contributed by atoms with van der Waals surface area (Å²) in [7, 11) is 0. The highest BCUT2D eigenvalue weighted by Gasteiger charge is 2.50. The topological polar surface area (TPSA) is 113 Å². The molecular formula is C8H14NO5. The summed E-state index contributed by atoms with van der Waals surface area (Å²) < 4.78 is 4.86. The summed E-state index contributed by atoms with van der Waals surface area (Å²) >= 11 is 0. The Bertz CT molecular complexity index is 234. The first-order chi connectivity index (χ1) is 6.43. The van der Waals surface area contributed by atoms with Crippen LogP contribution in [0.1, 0.15) is 6.92 Å². The average molecular weight is 204 g/mol. The molecule has 14 heavy (non-hydrogen) atoms. The van der Waals surface area contributed by atoms with Gasteiger partial charge in [-0.2, -0.15) is 0 Å². The molecule has 0 saturated carbocycles. The molecule has 1 aliphatic rings. The van der Waals surface area contributed by atoms with E-state index in [-0.39, 0.29) is 0 Å². The second kappa shape index (κ2) is 3.92. The molecule has 1 fully saturated rings. The van der Waals surface area contributed by atoms with E-state index in [0.29, 0.717) is 0 Å². The Hall–Kier alpha value is -0.530. The van der Waals surface area contributed by atoms with Gasteiger partial charge in [0.25, 0.3) is 0 Å². The number of rotatable bonds is 2. The molecule has 0 aromatic carbocycles. The van der Waals surface area contributed by atoms with Crippen LogP contribution >= 0.6 is 0 Å². The van der Waals surface area contributed by atoms with Crippen molar-refractivity contribution in [3.8, 4) is 0 Å². The van der Waals surface area contributed by atoms with Crippen LogP contribution in [0.15, 0.2) is 0 Å². The summed E-state index contributed by atoms with van der Waals surface area (Å²) in [4.78, 5) is 11.1. The molecule has 0 amide bonds. The molecule has 0 unspecified atom stereocenters. The Labute approximate surface area is 81.3 Å².